The SMILES string of the molecule is CSc1ccc(C(=O)Nc2cnc(Cl)c(Br)c2)cc1. The maximum Gasteiger partial charge on any atom is 0.255 e. The summed E-state index contributed by atoms with van der Waals surface area (Å²) in [6.07, 6.45) is 3.51. The number of carbonyl (C=O) groups is 1. The molecule has 1 aromatic carbocycles. The molecule has 0 saturated heterocycles. The van der Waals surface area contributed by atoms with Crippen LogP contribution in [-0.2, 0) is 0 Å². The van der Waals surface area contributed by atoms with Crippen LogP contribution < -0.4 is 5.32 Å². The van der Waals surface area contributed by atoms with Crippen molar-refractivity contribution in [3.05, 3.63) is 51.7 Å². The molecule has 3 nitrogen and oxygen atoms in total. The van der Waals surface area contributed by atoms with Crippen molar-refractivity contribution in [3.63, 3.8) is 0 Å². The van der Waals surface area contributed by atoms with E-state index in [0.717, 1.165) is 4.90 Å². The monoisotopic (exact) mass is 356 g/mol. The van der Waals surface area contributed by atoms with Crippen LogP contribution in [0.3, 0.4) is 0 Å². The van der Waals surface area contributed by atoms with Gasteiger partial charge in [-0.25, -0.2) is 4.98 Å². The summed E-state index contributed by atoms with van der Waals surface area (Å²) >= 11 is 10.7. The van der Waals surface area contributed by atoms with Crippen LogP contribution in [0.4, 0.5) is 5.69 Å². The van der Waals surface area contributed by atoms with Crippen molar-refractivity contribution in [1.29, 1.82) is 0 Å². The van der Waals surface area contributed by atoms with Gasteiger partial charge in [0.05, 0.1) is 16.4 Å². The van der Waals surface area contributed by atoms with Crippen molar-refractivity contribution in [2.75, 3.05) is 11.6 Å². The van der Waals surface area contributed by atoms with E-state index in [9.17, 15) is 4.79 Å². The molecule has 1 N–H and O–H groups in total. The predicted molar refractivity (Wildman–Crippen MR) is 83.1 cm³/mol. The highest BCUT2D eigenvalue weighted by Crippen LogP contribution is 2.23. The van der Waals surface area contributed by atoms with E-state index in [1.807, 2.05) is 18.4 Å². The molecule has 0 aliphatic heterocycles. The maximum absolute atomic E-state index is 12.0. The Morgan fingerprint density at radius 1 is 1.37 bits per heavy atom. The van der Waals surface area contributed by atoms with E-state index in [0.29, 0.717) is 20.9 Å². The van der Waals surface area contributed by atoms with Crippen molar-refractivity contribution >= 4 is 50.9 Å². The molecule has 0 saturated carbocycles. The van der Waals surface area contributed by atoms with Crippen molar-refractivity contribution in [2.24, 2.45) is 0 Å². The molecule has 98 valence electrons. The molecule has 1 amide bonds. The van der Waals surface area contributed by atoms with Gasteiger partial charge in [0.2, 0.25) is 0 Å². The van der Waals surface area contributed by atoms with Crippen molar-refractivity contribution in [1.82, 2.24) is 4.98 Å². The maximum atomic E-state index is 12.0. The molecular formula is C13H10BrClN2OS. The van der Waals surface area contributed by atoms with E-state index in [-0.39, 0.29) is 5.91 Å². The first-order valence-corrected chi connectivity index (χ1v) is 7.76. The van der Waals surface area contributed by atoms with E-state index in [4.69, 9.17) is 11.6 Å². The van der Waals surface area contributed by atoms with Crippen molar-refractivity contribution in [2.45, 2.75) is 4.90 Å². The number of amides is 1. The third kappa shape index (κ3) is 3.72. The van der Waals surface area contributed by atoms with E-state index in [2.05, 4.69) is 26.2 Å². The Morgan fingerprint density at radius 3 is 2.63 bits per heavy atom. The fraction of sp³-hybridized carbons (Fsp3) is 0.0769. The molecule has 0 bridgehead atoms. The van der Waals surface area contributed by atoms with Gasteiger partial charge in [-0.05, 0) is 52.5 Å². The van der Waals surface area contributed by atoms with Crippen molar-refractivity contribution < 1.29 is 4.79 Å². The van der Waals surface area contributed by atoms with E-state index in [1.165, 1.54) is 6.20 Å². The van der Waals surface area contributed by atoms with Crippen LogP contribution in [0.25, 0.3) is 0 Å². The van der Waals surface area contributed by atoms with Gasteiger partial charge in [-0.2, -0.15) is 0 Å². The molecule has 0 aliphatic rings. The Kier molecular flexibility index (Phi) is 4.85. The summed E-state index contributed by atoms with van der Waals surface area (Å²) in [5, 5.41) is 3.13. The molecule has 0 atom stereocenters. The van der Waals surface area contributed by atoms with Gasteiger partial charge >= 0.3 is 0 Å². The molecule has 6 heteroatoms. The van der Waals surface area contributed by atoms with Gasteiger partial charge in [-0.3, -0.25) is 4.79 Å². The molecule has 0 radical (unpaired) electrons. The number of hydrogen-bond donors (Lipinski definition) is 1. The lowest BCUT2D eigenvalue weighted by Gasteiger charge is -2.06. The molecule has 0 unspecified atom stereocenters. The Labute approximate surface area is 128 Å². The first-order valence-electron chi connectivity index (χ1n) is 5.36. The number of hydrogen-bond acceptors (Lipinski definition) is 3. The van der Waals surface area contributed by atoms with Crippen LogP contribution in [0.2, 0.25) is 5.15 Å². The Balaban J connectivity index is 2.13. The number of pyridine rings is 1. The number of anilines is 1. The minimum Gasteiger partial charge on any atom is -0.321 e. The predicted octanol–water partition coefficient (Wildman–Crippen LogP) is 4.47. The third-order valence-corrected chi connectivity index (χ3v) is 4.28. The van der Waals surface area contributed by atoms with Gasteiger partial charge in [0.25, 0.3) is 5.91 Å². The Morgan fingerprint density at radius 2 is 2.05 bits per heavy atom. The molecule has 1 aromatic heterocycles. The zero-order valence-electron chi connectivity index (χ0n) is 9.98. The van der Waals surface area contributed by atoms with Crippen molar-refractivity contribution in [3.8, 4) is 0 Å². The molecule has 0 aliphatic carbocycles. The zero-order valence-corrected chi connectivity index (χ0v) is 13.1. The lowest BCUT2D eigenvalue weighted by atomic mass is 10.2. The van der Waals surface area contributed by atoms with Gasteiger partial charge < -0.3 is 5.32 Å². The van der Waals surface area contributed by atoms with Crippen LogP contribution in [0.1, 0.15) is 10.4 Å². The summed E-state index contributed by atoms with van der Waals surface area (Å²) in [5.74, 6) is -0.177. The highest BCUT2D eigenvalue weighted by Gasteiger charge is 2.07. The number of carbonyl (C=O) groups excluding carboxylic acids is 1. The molecular weight excluding hydrogens is 348 g/mol. The number of thioether (sulfide) groups is 1. The summed E-state index contributed by atoms with van der Waals surface area (Å²) in [7, 11) is 0. The van der Waals surface area contributed by atoms with E-state index < -0.39 is 0 Å². The second kappa shape index (κ2) is 6.41. The highest BCUT2D eigenvalue weighted by atomic mass is 79.9. The standard InChI is InChI=1S/C13H10BrClN2OS/c1-19-10-4-2-8(3-5-10)13(18)17-9-6-11(14)12(15)16-7-9/h2-7H,1H3,(H,17,18). The van der Waals surface area contributed by atoms with Crippen LogP contribution in [0.15, 0.2) is 45.9 Å². The molecule has 19 heavy (non-hydrogen) atoms. The average molecular weight is 358 g/mol. The van der Waals surface area contributed by atoms with E-state index in [1.54, 1.807) is 30.0 Å². The van der Waals surface area contributed by atoms with Crippen LogP contribution in [0.5, 0.6) is 0 Å². The number of benzene rings is 1. The van der Waals surface area contributed by atoms with Gasteiger partial charge in [-0.15, -0.1) is 11.8 Å². The van der Waals surface area contributed by atoms with Crippen LogP contribution in [0, 0.1) is 0 Å². The highest BCUT2D eigenvalue weighted by molar-refractivity contribution is 9.10. The van der Waals surface area contributed by atoms with Crippen LogP contribution in [-0.4, -0.2) is 17.1 Å². The van der Waals surface area contributed by atoms with Gasteiger partial charge in [0, 0.05) is 10.5 Å². The molecule has 0 spiro atoms. The average Bonchev–Trinajstić information content (AvgIpc) is 2.43. The topological polar surface area (TPSA) is 42.0 Å². The molecule has 0 fully saturated rings. The second-order valence-electron chi connectivity index (χ2n) is 3.68. The van der Waals surface area contributed by atoms with Gasteiger partial charge in [0.1, 0.15) is 5.15 Å². The summed E-state index contributed by atoms with van der Waals surface area (Å²) in [5.41, 5.74) is 1.19. The third-order valence-electron chi connectivity index (χ3n) is 2.41. The normalized spacial score (nSPS) is 10.3. The minimum atomic E-state index is -0.177. The first-order chi connectivity index (χ1) is 9.10. The number of nitrogens with zero attached hydrogens (tertiary/aromatic N) is 1. The number of rotatable bonds is 3. The first kappa shape index (κ1) is 14.4. The number of nitrogens with one attached hydrogen (secondary N) is 1. The lowest BCUT2D eigenvalue weighted by molar-refractivity contribution is 0.102. The molecule has 1 heterocycles. The smallest absolute Gasteiger partial charge is 0.255 e. The Bertz CT molecular complexity index is 604. The fourth-order valence-corrected chi connectivity index (χ4v) is 2.30. The fourth-order valence-electron chi connectivity index (χ4n) is 1.44. The Hall–Kier alpha value is -1.04. The summed E-state index contributed by atoms with van der Waals surface area (Å²) in [4.78, 5) is 17.1. The quantitative estimate of drug-likeness (QED) is 0.651. The zero-order chi connectivity index (χ0) is 13.8. The lowest BCUT2D eigenvalue weighted by Crippen LogP contribution is -2.11. The van der Waals surface area contributed by atoms with Gasteiger partial charge in [0.15, 0.2) is 0 Å². The number of halogens is 2. The molecule has 2 rings (SSSR count). The van der Waals surface area contributed by atoms with Crippen LogP contribution >= 0.6 is 39.3 Å². The summed E-state index contributed by atoms with van der Waals surface area (Å²) < 4.78 is 0.643. The largest absolute Gasteiger partial charge is 0.321 e. The van der Waals surface area contributed by atoms with Gasteiger partial charge in [-0.1, -0.05) is 11.6 Å². The summed E-state index contributed by atoms with van der Waals surface area (Å²) in [6.45, 7) is 0. The van der Waals surface area contributed by atoms with E-state index >= 15 is 0 Å². The minimum absolute atomic E-state index is 0.177. The number of aromatic nitrogens is 1. The molecule has 2 aromatic rings. The summed E-state index contributed by atoms with van der Waals surface area (Å²) in [6, 6.07) is 9.12. The second-order valence-corrected chi connectivity index (χ2v) is 5.77.